The van der Waals surface area contributed by atoms with E-state index in [4.69, 9.17) is 0 Å². The van der Waals surface area contributed by atoms with Gasteiger partial charge < -0.3 is 10.0 Å². The van der Waals surface area contributed by atoms with Gasteiger partial charge in [-0.15, -0.1) is 0 Å². The Labute approximate surface area is 118 Å². The molecule has 0 bridgehead atoms. The zero-order valence-electron chi connectivity index (χ0n) is 13.5. The monoisotopic (exact) mass is 263 g/mol. The van der Waals surface area contributed by atoms with Crippen molar-refractivity contribution in [3.8, 4) is 0 Å². The smallest absolute Gasteiger partial charge is 0.0480 e. The minimum Gasteiger partial charge on any atom is -0.396 e. The van der Waals surface area contributed by atoms with Gasteiger partial charge in [-0.3, -0.25) is 0 Å². The lowest BCUT2D eigenvalue weighted by molar-refractivity contribution is 0.0994. The quantitative estimate of drug-likeness (QED) is 0.879. The van der Waals surface area contributed by atoms with Crippen molar-refractivity contribution in [1.29, 1.82) is 0 Å². The second-order valence-electron chi connectivity index (χ2n) is 6.31. The Balaban J connectivity index is 3.35. The molecule has 0 aromatic heterocycles. The minimum absolute atomic E-state index is 0.229. The number of aliphatic hydroxyl groups is 1. The number of aryl methyl sites for hydroxylation is 3. The molecule has 0 heterocycles. The Bertz CT molecular complexity index is 400. The summed E-state index contributed by atoms with van der Waals surface area (Å²) in [5.74, 6) is 0.715. The molecular weight excluding hydrogens is 234 g/mol. The van der Waals surface area contributed by atoms with Gasteiger partial charge in [0.2, 0.25) is 0 Å². The van der Waals surface area contributed by atoms with Gasteiger partial charge in [-0.05, 0) is 57.5 Å². The molecule has 2 unspecified atom stereocenters. The molecule has 0 amide bonds. The molecule has 0 radical (unpaired) electrons. The topological polar surface area (TPSA) is 23.5 Å². The van der Waals surface area contributed by atoms with E-state index in [0.29, 0.717) is 5.92 Å². The van der Waals surface area contributed by atoms with Crippen LogP contribution in [0.3, 0.4) is 0 Å². The lowest BCUT2D eigenvalue weighted by Crippen LogP contribution is -2.33. The molecule has 2 heteroatoms. The second kappa shape index (κ2) is 6.53. The van der Waals surface area contributed by atoms with Crippen LogP contribution >= 0.6 is 0 Å². The van der Waals surface area contributed by atoms with Crippen molar-refractivity contribution < 1.29 is 5.11 Å². The van der Waals surface area contributed by atoms with Crippen molar-refractivity contribution in [2.45, 2.75) is 40.7 Å². The van der Waals surface area contributed by atoms with E-state index in [9.17, 15) is 5.11 Å². The first-order valence-corrected chi connectivity index (χ1v) is 7.14. The standard InChI is InChI=1S/C17H29NO/c1-11(2)15(10-19)17(18(6)7)16-13(4)8-12(3)9-14(16)5/h8-9,11,15,17,19H,10H2,1-7H3. The van der Waals surface area contributed by atoms with Crippen LogP contribution in [-0.4, -0.2) is 30.7 Å². The molecule has 0 aliphatic carbocycles. The summed E-state index contributed by atoms with van der Waals surface area (Å²) >= 11 is 0. The van der Waals surface area contributed by atoms with Crippen LogP contribution in [0.1, 0.15) is 42.1 Å². The summed E-state index contributed by atoms with van der Waals surface area (Å²) < 4.78 is 0. The van der Waals surface area contributed by atoms with Crippen LogP contribution in [0, 0.1) is 32.6 Å². The van der Waals surface area contributed by atoms with Gasteiger partial charge in [0.05, 0.1) is 0 Å². The molecular formula is C17H29NO. The Morgan fingerprint density at radius 3 is 1.84 bits per heavy atom. The van der Waals surface area contributed by atoms with E-state index in [1.54, 1.807) is 0 Å². The highest BCUT2D eigenvalue weighted by molar-refractivity contribution is 5.40. The average molecular weight is 263 g/mol. The molecule has 1 N–H and O–H groups in total. The first-order chi connectivity index (χ1) is 8.79. The highest BCUT2D eigenvalue weighted by Crippen LogP contribution is 2.35. The predicted molar refractivity (Wildman–Crippen MR) is 82.5 cm³/mol. The van der Waals surface area contributed by atoms with Crippen molar-refractivity contribution in [2.75, 3.05) is 20.7 Å². The van der Waals surface area contributed by atoms with Gasteiger partial charge in [-0.2, -0.15) is 0 Å². The molecule has 1 aromatic rings. The summed E-state index contributed by atoms with van der Waals surface area (Å²) in [4.78, 5) is 2.24. The fourth-order valence-electron chi connectivity index (χ4n) is 3.19. The van der Waals surface area contributed by atoms with E-state index in [1.807, 2.05) is 0 Å². The number of aliphatic hydroxyl groups excluding tert-OH is 1. The molecule has 1 aromatic carbocycles. The summed E-state index contributed by atoms with van der Waals surface area (Å²) in [5.41, 5.74) is 5.34. The molecule has 2 nitrogen and oxygen atoms in total. The Morgan fingerprint density at radius 2 is 1.53 bits per heavy atom. The third kappa shape index (κ3) is 3.58. The average Bonchev–Trinajstić information content (AvgIpc) is 2.25. The Hall–Kier alpha value is -0.860. The highest BCUT2D eigenvalue weighted by atomic mass is 16.3. The van der Waals surface area contributed by atoms with Crippen LogP contribution in [0.25, 0.3) is 0 Å². The number of rotatable bonds is 5. The first kappa shape index (κ1) is 16.2. The largest absolute Gasteiger partial charge is 0.396 e. The van der Waals surface area contributed by atoms with E-state index >= 15 is 0 Å². The summed E-state index contributed by atoms with van der Waals surface area (Å²) in [6.45, 7) is 11.1. The Morgan fingerprint density at radius 1 is 1.05 bits per heavy atom. The van der Waals surface area contributed by atoms with Crippen LogP contribution < -0.4 is 0 Å². The van der Waals surface area contributed by atoms with E-state index in [2.05, 4.69) is 65.7 Å². The molecule has 0 saturated heterocycles. The highest BCUT2D eigenvalue weighted by Gasteiger charge is 2.29. The maximum absolute atomic E-state index is 9.79. The van der Waals surface area contributed by atoms with Crippen molar-refractivity contribution in [3.05, 3.63) is 34.4 Å². The van der Waals surface area contributed by atoms with Crippen molar-refractivity contribution in [1.82, 2.24) is 4.90 Å². The van der Waals surface area contributed by atoms with Gasteiger partial charge in [0.25, 0.3) is 0 Å². The van der Waals surface area contributed by atoms with Crippen molar-refractivity contribution >= 4 is 0 Å². The third-order valence-corrected chi connectivity index (χ3v) is 4.06. The molecule has 0 saturated carbocycles. The van der Waals surface area contributed by atoms with E-state index in [1.165, 1.54) is 22.3 Å². The van der Waals surface area contributed by atoms with Crippen LogP contribution in [0.2, 0.25) is 0 Å². The Kier molecular flexibility index (Phi) is 5.57. The number of nitrogens with zero attached hydrogens (tertiary/aromatic N) is 1. The number of benzene rings is 1. The zero-order chi connectivity index (χ0) is 14.7. The van der Waals surface area contributed by atoms with E-state index < -0.39 is 0 Å². The number of hydrogen-bond acceptors (Lipinski definition) is 2. The van der Waals surface area contributed by atoms with Gasteiger partial charge in [0, 0.05) is 18.6 Å². The molecule has 19 heavy (non-hydrogen) atoms. The molecule has 0 fully saturated rings. The van der Waals surface area contributed by atoms with Gasteiger partial charge >= 0.3 is 0 Å². The first-order valence-electron chi connectivity index (χ1n) is 7.14. The third-order valence-electron chi connectivity index (χ3n) is 4.06. The predicted octanol–water partition coefficient (Wildman–Crippen LogP) is 3.48. The zero-order valence-corrected chi connectivity index (χ0v) is 13.5. The van der Waals surface area contributed by atoms with Gasteiger partial charge in [0.1, 0.15) is 0 Å². The maximum Gasteiger partial charge on any atom is 0.0480 e. The molecule has 0 spiro atoms. The summed E-state index contributed by atoms with van der Waals surface area (Å²) in [5, 5.41) is 9.79. The van der Waals surface area contributed by atoms with E-state index in [0.717, 1.165) is 0 Å². The lowest BCUT2D eigenvalue weighted by atomic mass is 9.81. The van der Waals surface area contributed by atoms with Gasteiger partial charge in [0.15, 0.2) is 0 Å². The summed E-state index contributed by atoms with van der Waals surface area (Å²) in [6, 6.07) is 4.76. The second-order valence-corrected chi connectivity index (χ2v) is 6.31. The molecule has 108 valence electrons. The lowest BCUT2D eigenvalue weighted by Gasteiger charge is -2.36. The molecule has 1 rings (SSSR count). The van der Waals surface area contributed by atoms with Crippen LogP contribution in [0.4, 0.5) is 0 Å². The summed E-state index contributed by atoms with van der Waals surface area (Å²) in [6.07, 6.45) is 0. The maximum atomic E-state index is 9.79. The van der Waals surface area contributed by atoms with Crippen LogP contribution in [-0.2, 0) is 0 Å². The molecule has 0 aliphatic heterocycles. The fourth-order valence-corrected chi connectivity index (χ4v) is 3.19. The van der Waals surface area contributed by atoms with Crippen molar-refractivity contribution in [3.63, 3.8) is 0 Å². The normalized spacial score (nSPS) is 15.1. The summed E-state index contributed by atoms with van der Waals surface area (Å²) in [7, 11) is 4.21. The molecule has 2 atom stereocenters. The van der Waals surface area contributed by atoms with Crippen LogP contribution in [0.15, 0.2) is 12.1 Å². The van der Waals surface area contributed by atoms with Gasteiger partial charge in [-0.25, -0.2) is 0 Å². The van der Waals surface area contributed by atoms with Crippen molar-refractivity contribution in [2.24, 2.45) is 11.8 Å². The molecule has 0 aliphatic rings. The number of hydrogen-bond donors (Lipinski definition) is 1. The fraction of sp³-hybridized carbons (Fsp3) is 0.647. The van der Waals surface area contributed by atoms with E-state index in [-0.39, 0.29) is 18.6 Å². The van der Waals surface area contributed by atoms with Gasteiger partial charge in [-0.1, -0.05) is 31.5 Å². The minimum atomic E-state index is 0.229. The SMILES string of the molecule is Cc1cc(C)c(C(C(CO)C(C)C)N(C)C)c(C)c1. The van der Waals surface area contributed by atoms with Crippen LogP contribution in [0.5, 0.6) is 0 Å².